The summed E-state index contributed by atoms with van der Waals surface area (Å²) in [6.45, 7) is 1.88. The summed E-state index contributed by atoms with van der Waals surface area (Å²) in [5.74, 6) is 0.635. The van der Waals surface area contributed by atoms with Crippen molar-refractivity contribution in [3.8, 4) is 5.75 Å². The van der Waals surface area contributed by atoms with Gasteiger partial charge in [0.25, 0.3) is 0 Å². The van der Waals surface area contributed by atoms with Gasteiger partial charge in [0.05, 0.1) is 13.0 Å². The third-order valence-electron chi connectivity index (χ3n) is 5.57. The van der Waals surface area contributed by atoms with Crippen molar-refractivity contribution in [3.63, 3.8) is 0 Å². The number of carbonyl (C=O) groups is 1. The van der Waals surface area contributed by atoms with Crippen molar-refractivity contribution in [2.24, 2.45) is 7.05 Å². The van der Waals surface area contributed by atoms with Crippen LogP contribution < -0.4 is 10.1 Å². The molecule has 6 heteroatoms. The van der Waals surface area contributed by atoms with E-state index < -0.39 is 6.04 Å². The maximum absolute atomic E-state index is 13.4. The van der Waals surface area contributed by atoms with E-state index in [0.29, 0.717) is 5.82 Å². The fraction of sp³-hybridized carbons (Fsp3) is 0.200. The maximum Gasteiger partial charge on any atom is 0.228 e. The molecule has 5 nitrogen and oxygen atoms in total. The van der Waals surface area contributed by atoms with Crippen LogP contribution in [0.25, 0.3) is 10.8 Å². The van der Waals surface area contributed by atoms with E-state index in [1.54, 1.807) is 25.4 Å². The summed E-state index contributed by atoms with van der Waals surface area (Å²) in [4.78, 5) is 17.6. The maximum atomic E-state index is 13.4. The number of hydrogen-bond donors (Lipinski definition) is 1. The standard InChI is InChI=1S/C25H24FN3O2/c1-16(18-4-5-20-15-22(31-3)11-8-19(20)14-18)25(30)28-23(24-27-12-13-29(24)2)17-6-9-21(26)10-7-17/h4-16,23H,1-3H3,(H,28,30)/t16-,23-/m0/s1. The van der Waals surface area contributed by atoms with Crippen LogP contribution in [0.1, 0.15) is 35.8 Å². The first-order valence-electron chi connectivity index (χ1n) is 10.1. The molecule has 1 aromatic heterocycles. The molecule has 1 heterocycles. The van der Waals surface area contributed by atoms with Crippen LogP contribution in [0.5, 0.6) is 5.75 Å². The van der Waals surface area contributed by atoms with Gasteiger partial charge in [-0.1, -0.05) is 36.4 Å². The van der Waals surface area contributed by atoms with Crippen molar-refractivity contribution in [2.45, 2.75) is 18.9 Å². The first-order chi connectivity index (χ1) is 15.0. The molecule has 158 valence electrons. The molecule has 0 spiro atoms. The third kappa shape index (κ3) is 4.28. The number of fused-ring (bicyclic) bond motifs is 1. The van der Waals surface area contributed by atoms with E-state index >= 15 is 0 Å². The van der Waals surface area contributed by atoms with Crippen LogP contribution >= 0.6 is 0 Å². The molecule has 4 aromatic rings. The number of methoxy groups -OCH3 is 1. The molecule has 1 amide bonds. The Morgan fingerprint density at radius 3 is 2.39 bits per heavy atom. The highest BCUT2D eigenvalue weighted by atomic mass is 19.1. The largest absolute Gasteiger partial charge is 0.497 e. The Morgan fingerprint density at radius 1 is 1.03 bits per heavy atom. The van der Waals surface area contributed by atoms with Gasteiger partial charge in [-0.15, -0.1) is 0 Å². The van der Waals surface area contributed by atoms with Crippen LogP contribution in [-0.4, -0.2) is 22.6 Å². The molecule has 3 aromatic carbocycles. The van der Waals surface area contributed by atoms with E-state index in [1.807, 2.05) is 61.1 Å². The Hall–Kier alpha value is -3.67. The second kappa shape index (κ2) is 8.60. The van der Waals surface area contributed by atoms with Gasteiger partial charge in [0.2, 0.25) is 5.91 Å². The van der Waals surface area contributed by atoms with Gasteiger partial charge in [0, 0.05) is 19.4 Å². The number of carbonyl (C=O) groups excluding carboxylic acids is 1. The van der Waals surface area contributed by atoms with Crippen LogP contribution in [0, 0.1) is 5.82 Å². The topological polar surface area (TPSA) is 56.1 Å². The fourth-order valence-corrected chi connectivity index (χ4v) is 3.66. The normalized spacial score (nSPS) is 13.0. The van der Waals surface area contributed by atoms with Gasteiger partial charge in [-0.2, -0.15) is 0 Å². The highest BCUT2D eigenvalue weighted by Crippen LogP contribution is 2.27. The molecule has 2 atom stereocenters. The number of rotatable bonds is 6. The predicted octanol–water partition coefficient (Wildman–Crippen LogP) is 4.73. The molecule has 0 saturated heterocycles. The number of halogens is 1. The average molecular weight is 417 g/mol. The molecule has 0 fully saturated rings. The number of benzene rings is 3. The zero-order valence-electron chi connectivity index (χ0n) is 17.7. The first-order valence-corrected chi connectivity index (χ1v) is 10.1. The molecular formula is C25H24FN3O2. The van der Waals surface area contributed by atoms with E-state index in [2.05, 4.69) is 10.3 Å². The zero-order valence-corrected chi connectivity index (χ0v) is 17.7. The number of aryl methyl sites for hydroxylation is 1. The Bertz CT molecular complexity index is 1220. The highest BCUT2D eigenvalue weighted by Gasteiger charge is 2.24. The summed E-state index contributed by atoms with van der Waals surface area (Å²) < 4.78 is 20.6. The molecule has 0 bridgehead atoms. The van der Waals surface area contributed by atoms with Crippen LogP contribution in [0.15, 0.2) is 73.1 Å². The highest BCUT2D eigenvalue weighted by molar-refractivity contribution is 5.88. The number of hydrogen-bond acceptors (Lipinski definition) is 3. The number of amides is 1. The Kier molecular flexibility index (Phi) is 5.71. The van der Waals surface area contributed by atoms with Gasteiger partial charge in [0.1, 0.15) is 23.4 Å². The van der Waals surface area contributed by atoms with E-state index in [1.165, 1.54) is 12.1 Å². The number of aromatic nitrogens is 2. The number of imidazole rings is 1. The third-order valence-corrected chi connectivity index (χ3v) is 5.57. The summed E-state index contributed by atoms with van der Waals surface area (Å²) in [6, 6.07) is 17.5. The summed E-state index contributed by atoms with van der Waals surface area (Å²) in [5, 5.41) is 5.18. The van der Waals surface area contributed by atoms with Gasteiger partial charge < -0.3 is 14.6 Å². The molecule has 0 unspecified atom stereocenters. The van der Waals surface area contributed by atoms with Gasteiger partial charge in [-0.3, -0.25) is 4.79 Å². The number of ether oxygens (including phenoxy) is 1. The molecule has 0 aliphatic carbocycles. The Labute approximate surface area is 180 Å². The van der Waals surface area contributed by atoms with Crippen molar-refractivity contribution in [3.05, 3.63) is 95.8 Å². The van der Waals surface area contributed by atoms with Crippen molar-refractivity contribution < 1.29 is 13.9 Å². The van der Waals surface area contributed by atoms with Crippen LogP contribution in [-0.2, 0) is 11.8 Å². The molecule has 0 aliphatic heterocycles. The van der Waals surface area contributed by atoms with E-state index in [4.69, 9.17) is 4.74 Å². The number of nitrogens with one attached hydrogen (secondary N) is 1. The summed E-state index contributed by atoms with van der Waals surface area (Å²) in [6.07, 6.45) is 3.50. The van der Waals surface area contributed by atoms with E-state index in [0.717, 1.165) is 27.6 Å². The minimum Gasteiger partial charge on any atom is -0.497 e. The SMILES string of the molecule is COc1ccc2cc([C@H](C)C(=O)N[C@@H](c3ccc(F)cc3)c3nccn3C)ccc2c1. The molecule has 1 N–H and O–H groups in total. The lowest BCUT2D eigenvalue weighted by atomic mass is 9.96. The van der Waals surface area contributed by atoms with Crippen LogP contribution in [0.2, 0.25) is 0 Å². The number of nitrogens with zero attached hydrogens (tertiary/aromatic N) is 2. The molecule has 4 rings (SSSR count). The minimum atomic E-state index is -0.486. The minimum absolute atomic E-state index is 0.134. The van der Waals surface area contributed by atoms with Crippen molar-refractivity contribution in [1.29, 1.82) is 0 Å². The summed E-state index contributed by atoms with van der Waals surface area (Å²) in [5.41, 5.74) is 1.68. The summed E-state index contributed by atoms with van der Waals surface area (Å²) >= 11 is 0. The molecular weight excluding hydrogens is 393 g/mol. The molecule has 31 heavy (non-hydrogen) atoms. The molecule has 0 aliphatic rings. The van der Waals surface area contributed by atoms with Crippen molar-refractivity contribution in [1.82, 2.24) is 14.9 Å². The van der Waals surface area contributed by atoms with Crippen LogP contribution in [0.4, 0.5) is 4.39 Å². The van der Waals surface area contributed by atoms with E-state index in [-0.39, 0.29) is 17.6 Å². The van der Waals surface area contributed by atoms with Crippen molar-refractivity contribution in [2.75, 3.05) is 7.11 Å². The fourth-order valence-electron chi connectivity index (χ4n) is 3.66. The lowest BCUT2D eigenvalue weighted by Crippen LogP contribution is -2.34. The monoisotopic (exact) mass is 417 g/mol. The quantitative estimate of drug-likeness (QED) is 0.493. The van der Waals surface area contributed by atoms with Gasteiger partial charge in [-0.25, -0.2) is 9.37 Å². The zero-order chi connectivity index (χ0) is 22.0. The van der Waals surface area contributed by atoms with Gasteiger partial charge in [-0.05, 0) is 53.1 Å². The first kappa shape index (κ1) is 20.6. The lowest BCUT2D eigenvalue weighted by molar-refractivity contribution is -0.122. The second-order valence-corrected chi connectivity index (χ2v) is 7.58. The predicted molar refractivity (Wildman–Crippen MR) is 119 cm³/mol. The summed E-state index contributed by atoms with van der Waals surface area (Å²) in [7, 11) is 3.51. The molecule has 0 saturated carbocycles. The van der Waals surface area contributed by atoms with Gasteiger partial charge >= 0.3 is 0 Å². The van der Waals surface area contributed by atoms with Crippen molar-refractivity contribution >= 4 is 16.7 Å². The average Bonchev–Trinajstić information content (AvgIpc) is 3.22. The molecule has 0 radical (unpaired) electrons. The van der Waals surface area contributed by atoms with E-state index in [9.17, 15) is 9.18 Å². The second-order valence-electron chi connectivity index (χ2n) is 7.58. The Balaban J connectivity index is 1.61. The smallest absolute Gasteiger partial charge is 0.228 e. The lowest BCUT2D eigenvalue weighted by Gasteiger charge is -2.22. The van der Waals surface area contributed by atoms with Gasteiger partial charge in [0.15, 0.2) is 0 Å². The van der Waals surface area contributed by atoms with Crippen LogP contribution in [0.3, 0.4) is 0 Å². The Morgan fingerprint density at radius 2 is 1.71 bits per heavy atom.